The molecule has 5 heterocycles. The number of halogens is 3. The van der Waals surface area contributed by atoms with Crippen LogP contribution in [0.4, 0.5) is 13.2 Å². The Kier molecular flexibility index (Phi) is 5.96. The molecule has 1 aliphatic heterocycles. The molecular weight excluding hydrogens is 455 g/mol. The molecule has 0 radical (unpaired) electrons. The van der Waals surface area contributed by atoms with Crippen molar-refractivity contribution in [2.24, 2.45) is 0 Å². The van der Waals surface area contributed by atoms with Gasteiger partial charge in [-0.15, -0.1) is 0 Å². The second-order valence-electron chi connectivity index (χ2n) is 8.90. The second kappa shape index (κ2) is 8.96. The third kappa shape index (κ3) is 4.73. The van der Waals surface area contributed by atoms with E-state index < -0.39 is 11.9 Å². The first-order valence-corrected chi connectivity index (χ1v) is 11.4. The number of alkyl halides is 3. The van der Waals surface area contributed by atoms with Gasteiger partial charge in [-0.2, -0.15) is 13.2 Å². The van der Waals surface area contributed by atoms with Crippen molar-refractivity contribution < 1.29 is 17.9 Å². The van der Waals surface area contributed by atoms with Gasteiger partial charge in [-0.25, -0.2) is 9.97 Å². The molecule has 0 bridgehead atoms. The third-order valence-electron chi connectivity index (χ3n) is 6.41. The maximum atomic E-state index is 13.1. The van der Waals surface area contributed by atoms with Crippen molar-refractivity contribution >= 4 is 11.0 Å². The Morgan fingerprint density at radius 3 is 2.46 bits per heavy atom. The zero-order valence-corrected chi connectivity index (χ0v) is 19.6. The van der Waals surface area contributed by atoms with E-state index in [0.29, 0.717) is 28.9 Å². The Morgan fingerprint density at radius 2 is 1.74 bits per heavy atom. The van der Waals surface area contributed by atoms with Gasteiger partial charge in [0.15, 0.2) is 0 Å². The van der Waals surface area contributed by atoms with E-state index in [-0.39, 0.29) is 12.0 Å². The maximum Gasteiger partial charge on any atom is 0.433 e. The topological polar surface area (TPSA) is 73.7 Å². The average molecular weight is 480 g/mol. The molecule has 1 aliphatic rings. The molecule has 6 nitrogen and oxygen atoms in total. The van der Waals surface area contributed by atoms with Crippen LogP contribution in [0.15, 0.2) is 42.7 Å². The lowest BCUT2D eigenvalue weighted by Gasteiger charge is -2.30. The Balaban J connectivity index is 1.58. The molecule has 1 fully saturated rings. The molecule has 0 spiro atoms. The molecule has 35 heavy (non-hydrogen) atoms. The van der Waals surface area contributed by atoms with E-state index >= 15 is 0 Å². The van der Waals surface area contributed by atoms with Crippen molar-refractivity contribution in [3.63, 3.8) is 0 Å². The molecule has 0 saturated carbocycles. The highest BCUT2D eigenvalue weighted by Crippen LogP contribution is 2.39. The first kappa shape index (κ1) is 23.3. The Morgan fingerprint density at radius 1 is 0.943 bits per heavy atom. The Hall–Kier alpha value is -3.46. The summed E-state index contributed by atoms with van der Waals surface area (Å²) in [5.74, 6) is 0.0937. The molecule has 0 unspecified atom stereocenters. The molecule has 9 heteroatoms. The normalized spacial score (nSPS) is 18.7. The van der Waals surface area contributed by atoms with Crippen molar-refractivity contribution in [1.82, 2.24) is 24.9 Å². The summed E-state index contributed by atoms with van der Waals surface area (Å²) in [4.78, 5) is 22.2. The fraction of sp³-hybridized carbons (Fsp3) is 0.346. The molecule has 5 rings (SSSR count). The van der Waals surface area contributed by atoms with Gasteiger partial charge in [0.25, 0.3) is 0 Å². The van der Waals surface area contributed by atoms with Gasteiger partial charge in [0.05, 0.1) is 28.7 Å². The largest absolute Gasteiger partial charge is 0.433 e. The monoisotopic (exact) mass is 479 g/mol. The molecule has 2 atom stereocenters. The molecule has 0 N–H and O–H groups in total. The summed E-state index contributed by atoms with van der Waals surface area (Å²) in [5, 5.41) is 0. The van der Waals surface area contributed by atoms with Gasteiger partial charge in [-0.05, 0) is 69.5 Å². The predicted octanol–water partition coefficient (Wildman–Crippen LogP) is 6.06. The molecule has 1 saturated heterocycles. The van der Waals surface area contributed by atoms with Gasteiger partial charge in [-0.3, -0.25) is 15.0 Å². The van der Waals surface area contributed by atoms with Crippen molar-refractivity contribution in [3.8, 4) is 11.3 Å². The van der Waals surface area contributed by atoms with Gasteiger partial charge in [0, 0.05) is 41.9 Å². The summed E-state index contributed by atoms with van der Waals surface area (Å²) in [6, 6.07) is 8.30. The van der Waals surface area contributed by atoms with E-state index in [0.717, 1.165) is 47.2 Å². The van der Waals surface area contributed by atoms with Crippen LogP contribution in [-0.2, 0) is 10.9 Å². The van der Waals surface area contributed by atoms with E-state index in [9.17, 15) is 13.2 Å². The van der Waals surface area contributed by atoms with Crippen LogP contribution in [0.2, 0.25) is 0 Å². The van der Waals surface area contributed by atoms with Crippen molar-refractivity contribution in [2.45, 2.75) is 51.8 Å². The highest BCUT2D eigenvalue weighted by molar-refractivity contribution is 5.89. The van der Waals surface area contributed by atoms with Crippen LogP contribution in [0.25, 0.3) is 22.3 Å². The fourth-order valence-corrected chi connectivity index (χ4v) is 4.43. The summed E-state index contributed by atoms with van der Waals surface area (Å²) in [5.41, 5.74) is 5.58. The van der Waals surface area contributed by atoms with E-state index in [1.165, 1.54) is 12.3 Å². The van der Waals surface area contributed by atoms with Crippen LogP contribution in [-0.4, -0.2) is 31.5 Å². The molecule has 4 aromatic rings. The summed E-state index contributed by atoms with van der Waals surface area (Å²) in [7, 11) is 0. The van der Waals surface area contributed by atoms with Gasteiger partial charge < -0.3 is 4.74 Å². The van der Waals surface area contributed by atoms with Gasteiger partial charge in [0.1, 0.15) is 11.2 Å². The molecule has 0 aliphatic carbocycles. The SMILES string of the molecule is Cc1cc([C@H]2C[C@H](c3cc4nc(C)c(C)nc4c(-c4ccc(C(F)(F)F)nc4)n3)CCO2)ccn1. The molecule has 4 aromatic heterocycles. The quantitative estimate of drug-likeness (QED) is 0.356. The first-order valence-electron chi connectivity index (χ1n) is 11.4. The zero-order chi connectivity index (χ0) is 24.7. The molecule has 0 aromatic carbocycles. The van der Waals surface area contributed by atoms with Gasteiger partial charge >= 0.3 is 6.18 Å². The summed E-state index contributed by atoms with van der Waals surface area (Å²) in [6.45, 7) is 6.26. The molecule has 180 valence electrons. The van der Waals surface area contributed by atoms with Crippen LogP contribution in [0.3, 0.4) is 0 Å². The number of hydrogen-bond donors (Lipinski definition) is 0. The zero-order valence-electron chi connectivity index (χ0n) is 19.6. The number of hydrogen-bond acceptors (Lipinski definition) is 6. The van der Waals surface area contributed by atoms with Crippen LogP contribution in [0.1, 0.15) is 58.9 Å². The van der Waals surface area contributed by atoms with Gasteiger partial charge in [-0.1, -0.05) is 0 Å². The smallest absolute Gasteiger partial charge is 0.373 e. The number of rotatable bonds is 3. The minimum absolute atomic E-state index is 0.0880. The highest BCUT2D eigenvalue weighted by Gasteiger charge is 2.32. The van der Waals surface area contributed by atoms with Crippen LogP contribution >= 0.6 is 0 Å². The van der Waals surface area contributed by atoms with Crippen LogP contribution in [0, 0.1) is 20.8 Å². The molecule has 0 amide bonds. The maximum absolute atomic E-state index is 13.1. The average Bonchev–Trinajstić information content (AvgIpc) is 2.84. The number of nitrogens with zero attached hydrogens (tertiary/aromatic N) is 5. The number of aryl methyl sites for hydroxylation is 3. The lowest BCUT2D eigenvalue weighted by molar-refractivity contribution is -0.141. The number of ether oxygens (including phenoxy) is 1. The predicted molar refractivity (Wildman–Crippen MR) is 125 cm³/mol. The van der Waals surface area contributed by atoms with E-state index in [4.69, 9.17) is 14.7 Å². The summed E-state index contributed by atoms with van der Waals surface area (Å²) in [6.07, 6.45) is -0.103. The third-order valence-corrected chi connectivity index (χ3v) is 6.41. The highest BCUT2D eigenvalue weighted by atomic mass is 19.4. The minimum Gasteiger partial charge on any atom is -0.373 e. The Labute approximate surface area is 200 Å². The van der Waals surface area contributed by atoms with Crippen molar-refractivity contribution in [3.05, 3.63) is 76.8 Å². The van der Waals surface area contributed by atoms with Crippen LogP contribution in [0.5, 0.6) is 0 Å². The number of fused-ring (bicyclic) bond motifs is 1. The fourth-order valence-electron chi connectivity index (χ4n) is 4.43. The lowest BCUT2D eigenvalue weighted by Crippen LogP contribution is -2.20. The van der Waals surface area contributed by atoms with Crippen molar-refractivity contribution in [2.75, 3.05) is 6.61 Å². The summed E-state index contributed by atoms with van der Waals surface area (Å²) >= 11 is 0. The minimum atomic E-state index is -4.51. The Bertz CT molecular complexity index is 1390. The second-order valence-corrected chi connectivity index (χ2v) is 8.90. The van der Waals surface area contributed by atoms with Crippen LogP contribution < -0.4 is 0 Å². The van der Waals surface area contributed by atoms with E-state index in [2.05, 4.69) is 15.0 Å². The van der Waals surface area contributed by atoms with E-state index in [1.54, 1.807) is 6.20 Å². The standard InChI is InChI=1S/C26H24F3N5O/c1-14-10-18(6-8-30-14)22-11-17(7-9-35-22)20-12-21-25(33-16(3)15(2)32-21)24(34-20)19-4-5-23(31-13-19)26(27,28)29/h4-6,8,10,12-13,17,22H,7,9,11H2,1-3H3/t17-,22-/m1/s1. The lowest BCUT2D eigenvalue weighted by atomic mass is 9.88. The number of pyridine rings is 3. The number of aromatic nitrogens is 5. The molecular formula is C26H24F3N5O. The van der Waals surface area contributed by atoms with E-state index in [1.807, 2.05) is 39.0 Å². The first-order chi connectivity index (χ1) is 16.7. The van der Waals surface area contributed by atoms with Crippen molar-refractivity contribution in [1.29, 1.82) is 0 Å². The van der Waals surface area contributed by atoms with Gasteiger partial charge in [0.2, 0.25) is 0 Å². The summed E-state index contributed by atoms with van der Waals surface area (Å²) < 4.78 is 45.2.